The molecule has 102 valence electrons. The molecule has 2 N–H and O–H groups in total. The van der Waals surface area contributed by atoms with Gasteiger partial charge in [-0.05, 0) is 12.8 Å². The third-order valence-corrected chi connectivity index (χ3v) is 3.24. The van der Waals surface area contributed by atoms with Crippen LogP contribution in [0, 0.1) is 0 Å². The first-order valence-electron chi connectivity index (χ1n) is 6.00. The van der Waals surface area contributed by atoms with E-state index in [-0.39, 0.29) is 31.2 Å². The van der Waals surface area contributed by atoms with E-state index in [2.05, 4.69) is 10.1 Å². The van der Waals surface area contributed by atoms with E-state index in [4.69, 9.17) is 15.0 Å². The molecule has 1 fully saturated rings. The molecule has 1 aromatic rings. The fourth-order valence-electron chi connectivity index (χ4n) is 2.23. The van der Waals surface area contributed by atoms with Crippen LogP contribution < -0.4 is 5.73 Å². The normalized spacial score (nSPS) is 25.0. The highest BCUT2D eigenvalue weighted by Gasteiger charge is 2.38. The van der Waals surface area contributed by atoms with Crippen LogP contribution in [0.4, 0.5) is 8.78 Å². The number of hydrogen-bond donors (Lipinski definition) is 1. The predicted octanol–water partition coefficient (Wildman–Crippen LogP) is 2.01. The molecule has 1 aromatic heterocycles. The number of aromatic nitrogens is 2. The third kappa shape index (κ3) is 2.84. The second-order valence-corrected chi connectivity index (χ2v) is 4.60. The lowest BCUT2D eigenvalue weighted by molar-refractivity contribution is -0.0418. The molecule has 0 aromatic carbocycles. The molecule has 0 amide bonds. The maximum absolute atomic E-state index is 13.3. The Morgan fingerprint density at radius 2 is 2.39 bits per heavy atom. The molecule has 7 heteroatoms. The van der Waals surface area contributed by atoms with E-state index < -0.39 is 12.0 Å². The van der Waals surface area contributed by atoms with E-state index in [0.717, 1.165) is 0 Å². The molecule has 0 radical (unpaired) electrons. The molecule has 2 rings (SSSR count). The molecule has 2 atom stereocenters. The molecule has 1 heterocycles. The molecule has 18 heavy (non-hydrogen) atoms. The van der Waals surface area contributed by atoms with Crippen LogP contribution >= 0.6 is 0 Å². The van der Waals surface area contributed by atoms with E-state index in [9.17, 15) is 8.78 Å². The van der Waals surface area contributed by atoms with Gasteiger partial charge in [-0.1, -0.05) is 5.16 Å². The number of hydrogen-bond acceptors (Lipinski definition) is 5. The summed E-state index contributed by atoms with van der Waals surface area (Å²) >= 11 is 0. The number of nitrogens with zero attached hydrogens (tertiary/aromatic N) is 2. The van der Waals surface area contributed by atoms with Crippen molar-refractivity contribution in [2.75, 3.05) is 13.7 Å². The largest absolute Gasteiger partial charge is 0.370 e. The van der Waals surface area contributed by atoms with Crippen LogP contribution in [0.25, 0.3) is 0 Å². The lowest BCUT2D eigenvalue weighted by atomic mass is 9.86. The van der Waals surface area contributed by atoms with Crippen molar-refractivity contribution in [1.29, 1.82) is 0 Å². The van der Waals surface area contributed by atoms with Crippen LogP contribution in [0.3, 0.4) is 0 Å². The van der Waals surface area contributed by atoms with Crippen LogP contribution in [0.1, 0.15) is 49.4 Å². The summed E-state index contributed by atoms with van der Waals surface area (Å²) in [5.74, 6) is -2.39. The molecule has 0 aliphatic heterocycles. The van der Waals surface area contributed by atoms with Crippen LogP contribution in [-0.2, 0) is 4.74 Å². The van der Waals surface area contributed by atoms with Crippen LogP contribution in [-0.4, -0.2) is 29.7 Å². The topological polar surface area (TPSA) is 74.2 Å². The number of ether oxygens (including phenoxy) is 1. The summed E-state index contributed by atoms with van der Waals surface area (Å²) < 4.78 is 36.7. The Bertz CT molecular complexity index is 393. The Balaban J connectivity index is 2.10. The number of alkyl halides is 2. The van der Waals surface area contributed by atoms with Gasteiger partial charge < -0.3 is 15.0 Å². The van der Waals surface area contributed by atoms with E-state index in [1.807, 2.05) is 0 Å². The molecule has 0 saturated heterocycles. The highest BCUT2D eigenvalue weighted by molar-refractivity contribution is 5.01. The minimum absolute atomic E-state index is 0.0578. The van der Waals surface area contributed by atoms with Gasteiger partial charge in [-0.15, -0.1) is 0 Å². The summed E-state index contributed by atoms with van der Waals surface area (Å²) in [6, 6.07) is 0. The highest BCUT2D eigenvalue weighted by atomic mass is 19.3. The zero-order valence-corrected chi connectivity index (χ0v) is 10.2. The average Bonchev–Trinajstić information content (AvgIpc) is 2.79. The Morgan fingerprint density at radius 1 is 1.61 bits per heavy atom. The zero-order chi connectivity index (χ0) is 13.2. The molecule has 1 saturated carbocycles. The molecule has 5 nitrogen and oxygen atoms in total. The van der Waals surface area contributed by atoms with Crippen molar-refractivity contribution in [3.8, 4) is 0 Å². The van der Waals surface area contributed by atoms with Gasteiger partial charge in [0, 0.05) is 32.4 Å². The summed E-state index contributed by atoms with van der Waals surface area (Å²) in [6.45, 7) is 0.207. The molecular weight excluding hydrogens is 244 g/mol. The number of halogens is 2. The van der Waals surface area contributed by atoms with E-state index >= 15 is 0 Å². The Labute approximate surface area is 104 Å². The molecule has 1 aliphatic rings. The third-order valence-electron chi connectivity index (χ3n) is 3.24. The molecular formula is C11H17F2N3O2. The van der Waals surface area contributed by atoms with Crippen LogP contribution in [0.15, 0.2) is 4.52 Å². The van der Waals surface area contributed by atoms with E-state index in [0.29, 0.717) is 18.7 Å². The molecule has 0 spiro atoms. The average molecular weight is 261 g/mol. The second-order valence-electron chi connectivity index (χ2n) is 4.60. The van der Waals surface area contributed by atoms with E-state index in [1.54, 1.807) is 0 Å². The quantitative estimate of drug-likeness (QED) is 0.897. The maximum atomic E-state index is 13.3. The summed E-state index contributed by atoms with van der Waals surface area (Å²) in [4.78, 5) is 4.13. The van der Waals surface area contributed by atoms with Gasteiger partial charge in [0.05, 0.1) is 0 Å². The lowest BCUT2D eigenvalue weighted by Crippen LogP contribution is -2.25. The summed E-state index contributed by atoms with van der Waals surface area (Å²) in [7, 11) is 1.48. The van der Waals surface area contributed by atoms with Gasteiger partial charge in [0.15, 0.2) is 5.82 Å². The van der Waals surface area contributed by atoms with Crippen molar-refractivity contribution in [3.05, 3.63) is 11.7 Å². The first-order chi connectivity index (χ1) is 8.55. The Morgan fingerprint density at radius 3 is 3.00 bits per heavy atom. The smallest absolute Gasteiger partial charge is 0.257 e. The van der Waals surface area contributed by atoms with Crippen LogP contribution in [0.2, 0.25) is 0 Å². The first kappa shape index (κ1) is 13.4. The van der Waals surface area contributed by atoms with Crippen molar-refractivity contribution in [1.82, 2.24) is 10.1 Å². The number of methoxy groups -OCH3 is 1. The monoisotopic (exact) mass is 261 g/mol. The fraction of sp³-hybridized carbons (Fsp3) is 0.818. The fourth-order valence-corrected chi connectivity index (χ4v) is 2.23. The molecule has 2 unspecified atom stereocenters. The zero-order valence-electron chi connectivity index (χ0n) is 10.2. The molecule has 1 aliphatic carbocycles. The Kier molecular flexibility index (Phi) is 3.91. The predicted molar refractivity (Wildman–Crippen MR) is 59.3 cm³/mol. The Hall–Kier alpha value is -1.08. The van der Waals surface area contributed by atoms with E-state index in [1.165, 1.54) is 7.11 Å². The summed E-state index contributed by atoms with van der Waals surface area (Å²) in [5.41, 5.74) is 5.47. The van der Waals surface area contributed by atoms with Gasteiger partial charge in [0.25, 0.3) is 5.89 Å². The lowest BCUT2D eigenvalue weighted by Gasteiger charge is -2.26. The van der Waals surface area contributed by atoms with Gasteiger partial charge >= 0.3 is 0 Å². The number of nitrogens with two attached hydrogens (primary N) is 1. The SMILES string of the molecule is COC(CN)c1nc(C2CCCC(F)(F)C2)no1. The minimum Gasteiger partial charge on any atom is -0.370 e. The van der Waals surface area contributed by atoms with Crippen molar-refractivity contribution < 1.29 is 18.0 Å². The highest BCUT2D eigenvalue weighted by Crippen LogP contribution is 2.40. The van der Waals surface area contributed by atoms with Gasteiger partial charge in [0.1, 0.15) is 6.10 Å². The van der Waals surface area contributed by atoms with Gasteiger partial charge in [0.2, 0.25) is 5.92 Å². The summed E-state index contributed by atoms with van der Waals surface area (Å²) in [6.07, 6.45) is 0.389. The second kappa shape index (κ2) is 5.27. The van der Waals surface area contributed by atoms with Crippen LogP contribution in [0.5, 0.6) is 0 Å². The summed E-state index contributed by atoms with van der Waals surface area (Å²) in [5, 5.41) is 3.77. The standard InChI is InChI=1S/C11H17F2N3O2/c1-17-8(6-14)10-15-9(16-18-10)7-3-2-4-11(12,13)5-7/h7-8H,2-6,14H2,1H3. The van der Waals surface area contributed by atoms with Crippen molar-refractivity contribution in [3.63, 3.8) is 0 Å². The number of rotatable bonds is 4. The van der Waals surface area contributed by atoms with Gasteiger partial charge in [-0.2, -0.15) is 4.98 Å². The van der Waals surface area contributed by atoms with Gasteiger partial charge in [-0.3, -0.25) is 0 Å². The van der Waals surface area contributed by atoms with Crippen molar-refractivity contribution >= 4 is 0 Å². The first-order valence-corrected chi connectivity index (χ1v) is 6.00. The minimum atomic E-state index is -2.63. The molecule has 0 bridgehead atoms. The van der Waals surface area contributed by atoms with Crippen molar-refractivity contribution in [2.45, 2.75) is 43.6 Å². The maximum Gasteiger partial charge on any atom is 0.257 e. The van der Waals surface area contributed by atoms with Gasteiger partial charge in [-0.25, -0.2) is 8.78 Å². The van der Waals surface area contributed by atoms with Crippen molar-refractivity contribution in [2.24, 2.45) is 5.73 Å².